The lowest BCUT2D eigenvalue weighted by atomic mass is 9.83. The van der Waals surface area contributed by atoms with Gasteiger partial charge in [-0.1, -0.05) is 24.3 Å². The third-order valence-corrected chi connectivity index (χ3v) is 5.40. The summed E-state index contributed by atoms with van der Waals surface area (Å²) in [4.78, 5) is 25.5. The summed E-state index contributed by atoms with van der Waals surface area (Å²) in [6.07, 6.45) is 5.01. The zero-order valence-electron chi connectivity index (χ0n) is 14.2. The topological polar surface area (TPSA) is 75.4 Å². The minimum Gasteiger partial charge on any atom is -0.369 e. The average Bonchev–Trinajstić information content (AvgIpc) is 2.60. The van der Waals surface area contributed by atoms with E-state index in [0.717, 1.165) is 38.8 Å². The van der Waals surface area contributed by atoms with Gasteiger partial charge in [0.1, 0.15) is 0 Å². The first-order valence-electron chi connectivity index (χ1n) is 8.99. The van der Waals surface area contributed by atoms with Gasteiger partial charge in [-0.2, -0.15) is 0 Å². The Morgan fingerprint density at radius 3 is 2.67 bits per heavy atom. The first-order chi connectivity index (χ1) is 11.6. The van der Waals surface area contributed by atoms with Crippen LogP contribution < -0.4 is 11.1 Å². The number of piperidine rings is 1. The van der Waals surface area contributed by atoms with Gasteiger partial charge in [0.25, 0.3) is 0 Å². The molecule has 0 radical (unpaired) electrons. The number of nitrogens with two attached hydrogens (primary N) is 1. The highest BCUT2D eigenvalue weighted by Gasteiger charge is 2.25. The standard InChI is InChI=1S/C19H27N3O2/c20-19(24)15-8-10-22(11-9-15)13-18(23)21-12-16-6-3-5-14-4-1-2-7-17(14)16/h1-2,4,7,15-16H,3,5-6,8-13H2,(H2,20,24)(H,21,23)/t16-/m0/s1. The Morgan fingerprint density at radius 2 is 1.92 bits per heavy atom. The zero-order chi connectivity index (χ0) is 16.9. The highest BCUT2D eigenvalue weighted by atomic mass is 16.2. The number of amides is 2. The first-order valence-corrected chi connectivity index (χ1v) is 8.99. The van der Waals surface area contributed by atoms with E-state index < -0.39 is 0 Å². The van der Waals surface area contributed by atoms with Gasteiger partial charge in [0.2, 0.25) is 11.8 Å². The summed E-state index contributed by atoms with van der Waals surface area (Å²) in [7, 11) is 0. The fraction of sp³-hybridized carbons (Fsp3) is 0.579. The summed E-state index contributed by atoms with van der Waals surface area (Å²) in [6, 6.07) is 8.57. The maximum Gasteiger partial charge on any atom is 0.234 e. The number of hydrogen-bond acceptors (Lipinski definition) is 3. The number of likely N-dealkylation sites (tertiary alicyclic amines) is 1. The van der Waals surface area contributed by atoms with E-state index in [4.69, 9.17) is 5.73 Å². The molecule has 5 nitrogen and oxygen atoms in total. The molecule has 1 aliphatic carbocycles. The van der Waals surface area contributed by atoms with Crippen LogP contribution in [0, 0.1) is 5.92 Å². The molecule has 1 atom stereocenters. The fourth-order valence-electron chi connectivity index (χ4n) is 3.94. The van der Waals surface area contributed by atoms with Crippen molar-refractivity contribution in [2.45, 2.75) is 38.0 Å². The van der Waals surface area contributed by atoms with Crippen molar-refractivity contribution in [2.75, 3.05) is 26.2 Å². The number of carbonyl (C=O) groups is 2. The van der Waals surface area contributed by atoms with Gasteiger partial charge in [0.05, 0.1) is 6.54 Å². The van der Waals surface area contributed by atoms with E-state index in [0.29, 0.717) is 19.0 Å². The molecule has 3 rings (SSSR count). The molecule has 1 aromatic rings. The molecular formula is C19H27N3O2. The molecule has 3 N–H and O–H groups in total. The van der Waals surface area contributed by atoms with Crippen molar-refractivity contribution in [3.63, 3.8) is 0 Å². The lowest BCUT2D eigenvalue weighted by molar-refractivity contribution is -0.124. The van der Waals surface area contributed by atoms with Crippen molar-refractivity contribution < 1.29 is 9.59 Å². The van der Waals surface area contributed by atoms with Crippen molar-refractivity contribution >= 4 is 11.8 Å². The Kier molecular flexibility index (Phi) is 5.51. The molecule has 130 valence electrons. The molecule has 0 unspecified atom stereocenters. The number of fused-ring (bicyclic) bond motifs is 1. The molecular weight excluding hydrogens is 302 g/mol. The van der Waals surface area contributed by atoms with Crippen LogP contribution >= 0.6 is 0 Å². The van der Waals surface area contributed by atoms with E-state index in [1.807, 2.05) is 0 Å². The highest BCUT2D eigenvalue weighted by Crippen LogP contribution is 2.30. The largest absolute Gasteiger partial charge is 0.369 e. The number of aryl methyl sites for hydroxylation is 1. The molecule has 0 spiro atoms. The predicted molar refractivity (Wildman–Crippen MR) is 93.5 cm³/mol. The van der Waals surface area contributed by atoms with Crippen LogP contribution in [0.2, 0.25) is 0 Å². The summed E-state index contributed by atoms with van der Waals surface area (Å²) in [5, 5.41) is 3.10. The average molecular weight is 329 g/mol. The SMILES string of the molecule is NC(=O)C1CCN(CC(=O)NC[C@@H]2CCCc3ccccc32)CC1. The van der Waals surface area contributed by atoms with Crippen LogP contribution in [-0.4, -0.2) is 42.9 Å². The monoisotopic (exact) mass is 329 g/mol. The van der Waals surface area contributed by atoms with E-state index in [1.165, 1.54) is 17.5 Å². The Bertz CT molecular complexity index is 594. The van der Waals surface area contributed by atoms with Crippen molar-refractivity contribution in [1.82, 2.24) is 10.2 Å². The number of hydrogen-bond donors (Lipinski definition) is 2. The number of nitrogens with zero attached hydrogens (tertiary/aromatic N) is 1. The quantitative estimate of drug-likeness (QED) is 0.858. The normalized spacial score (nSPS) is 21.9. The first kappa shape index (κ1) is 17.0. The fourth-order valence-corrected chi connectivity index (χ4v) is 3.94. The van der Waals surface area contributed by atoms with E-state index in [2.05, 4.69) is 34.5 Å². The lowest BCUT2D eigenvalue weighted by Crippen LogP contribution is -2.44. The Hall–Kier alpha value is -1.88. The summed E-state index contributed by atoms with van der Waals surface area (Å²) in [5.74, 6) is 0.271. The number of benzene rings is 1. The molecule has 1 heterocycles. The lowest BCUT2D eigenvalue weighted by Gasteiger charge is -2.30. The van der Waals surface area contributed by atoms with Gasteiger partial charge in [-0.3, -0.25) is 14.5 Å². The van der Waals surface area contributed by atoms with Crippen LogP contribution in [0.3, 0.4) is 0 Å². The zero-order valence-corrected chi connectivity index (χ0v) is 14.2. The summed E-state index contributed by atoms with van der Waals surface area (Å²) >= 11 is 0. The smallest absolute Gasteiger partial charge is 0.234 e. The molecule has 1 aromatic carbocycles. The van der Waals surface area contributed by atoms with Gasteiger partial charge in [0.15, 0.2) is 0 Å². The van der Waals surface area contributed by atoms with Crippen molar-refractivity contribution in [1.29, 1.82) is 0 Å². The van der Waals surface area contributed by atoms with E-state index in [1.54, 1.807) is 0 Å². The second-order valence-electron chi connectivity index (χ2n) is 7.04. The molecule has 1 saturated heterocycles. The number of carbonyl (C=O) groups excluding carboxylic acids is 2. The van der Waals surface area contributed by atoms with Gasteiger partial charge >= 0.3 is 0 Å². The van der Waals surface area contributed by atoms with E-state index in [-0.39, 0.29) is 17.7 Å². The van der Waals surface area contributed by atoms with Crippen LogP contribution in [-0.2, 0) is 16.0 Å². The number of rotatable bonds is 5. The van der Waals surface area contributed by atoms with Crippen LogP contribution in [0.15, 0.2) is 24.3 Å². The summed E-state index contributed by atoms with van der Waals surface area (Å²) in [5.41, 5.74) is 8.17. The number of nitrogens with one attached hydrogen (secondary N) is 1. The Balaban J connectivity index is 1.45. The molecule has 24 heavy (non-hydrogen) atoms. The molecule has 0 aromatic heterocycles. The Labute approximate surface area is 143 Å². The van der Waals surface area contributed by atoms with Crippen LogP contribution in [0.1, 0.15) is 42.7 Å². The van der Waals surface area contributed by atoms with Crippen molar-refractivity contribution in [3.8, 4) is 0 Å². The van der Waals surface area contributed by atoms with Gasteiger partial charge in [-0.15, -0.1) is 0 Å². The van der Waals surface area contributed by atoms with E-state index in [9.17, 15) is 9.59 Å². The van der Waals surface area contributed by atoms with Gasteiger partial charge < -0.3 is 11.1 Å². The number of primary amides is 1. The second kappa shape index (κ2) is 7.79. The molecule has 0 bridgehead atoms. The van der Waals surface area contributed by atoms with E-state index >= 15 is 0 Å². The van der Waals surface area contributed by atoms with Crippen LogP contribution in [0.5, 0.6) is 0 Å². The molecule has 5 heteroatoms. The second-order valence-corrected chi connectivity index (χ2v) is 7.04. The Morgan fingerprint density at radius 1 is 1.17 bits per heavy atom. The molecule has 2 aliphatic rings. The van der Waals surface area contributed by atoms with Gasteiger partial charge in [0, 0.05) is 18.4 Å². The van der Waals surface area contributed by atoms with Crippen LogP contribution in [0.4, 0.5) is 0 Å². The molecule has 2 amide bonds. The minimum absolute atomic E-state index is 0.0250. The van der Waals surface area contributed by atoms with Gasteiger partial charge in [-0.05, 0) is 56.3 Å². The maximum atomic E-state index is 12.2. The third kappa shape index (κ3) is 4.15. The van der Waals surface area contributed by atoms with Crippen molar-refractivity contribution in [3.05, 3.63) is 35.4 Å². The summed E-state index contributed by atoms with van der Waals surface area (Å²) in [6.45, 7) is 2.67. The minimum atomic E-state index is -0.213. The molecule has 1 aliphatic heterocycles. The predicted octanol–water partition coefficient (Wildman–Crippen LogP) is 1.42. The maximum absolute atomic E-state index is 12.2. The summed E-state index contributed by atoms with van der Waals surface area (Å²) < 4.78 is 0. The third-order valence-electron chi connectivity index (χ3n) is 5.40. The van der Waals surface area contributed by atoms with Crippen molar-refractivity contribution in [2.24, 2.45) is 11.7 Å². The van der Waals surface area contributed by atoms with Crippen LogP contribution in [0.25, 0.3) is 0 Å². The molecule has 0 saturated carbocycles. The molecule has 1 fully saturated rings. The van der Waals surface area contributed by atoms with Gasteiger partial charge in [-0.25, -0.2) is 0 Å². The highest BCUT2D eigenvalue weighted by molar-refractivity contribution is 5.78.